The number of nitrogens with zero attached hydrogens (tertiary/aromatic N) is 3. The van der Waals surface area contributed by atoms with E-state index in [1.807, 2.05) is 10.8 Å². The molecule has 2 heterocycles. The van der Waals surface area contributed by atoms with Crippen LogP contribution in [0.5, 0.6) is 5.88 Å². The molecular weight excluding hydrogens is 474 g/mol. The number of amides is 1. The normalized spacial score (nSPS) is 13.6. The van der Waals surface area contributed by atoms with Crippen molar-refractivity contribution in [3.05, 3.63) is 52.6 Å². The Morgan fingerprint density at radius 1 is 1.32 bits per heavy atom. The van der Waals surface area contributed by atoms with Crippen LogP contribution in [-0.4, -0.2) is 52.1 Å². The Kier molecular flexibility index (Phi) is 7.31. The lowest BCUT2D eigenvalue weighted by atomic mass is 9.98. The topological polar surface area (TPSA) is 139 Å². The van der Waals surface area contributed by atoms with Crippen molar-refractivity contribution >= 4 is 27.7 Å². The minimum Gasteiger partial charge on any atom is -0.480 e. The summed E-state index contributed by atoms with van der Waals surface area (Å²) in [5.41, 5.74) is -0.403. The van der Waals surface area contributed by atoms with Crippen LogP contribution in [0.3, 0.4) is 0 Å². The molecule has 1 aliphatic rings. The second kappa shape index (κ2) is 10.0. The van der Waals surface area contributed by atoms with Gasteiger partial charge in [0.2, 0.25) is 21.8 Å². The van der Waals surface area contributed by atoms with E-state index in [1.165, 1.54) is 13.2 Å². The number of halogens is 2. The van der Waals surface area contributed by atoms with Crippen LogP contribution in [-0.2, 0) is 25.3 Å². The number of carbonyl (C=O) groups is 2. The second-order valence-corrected chi connectivity index (χ2v) is 9.01. The fourth-order valence-electron chi connectivity index (χ4n) is 3.28. The van der Waals surface area contributed by atoms with Crippen molar-refractivity contribution in [1.82, 2.24) is 9.71 Å². The van der Waals surface area contributed by atoms with Crippen LogP contribution in [0.1, 0.15) is 28.4 Å². The van der Waals surface area contributed by atoms with Crippen LogP contribution in [0.4, 0.5) is 14.6 Å². The number of ether oxygens (including phenoxy) is 2. The van der Waals surface area contributed by atoms with Crippen LogP contribution in [0.15, 0.2) is 24.3 Å². The van der Waals surface area contributed by atoms with Gasteiger partial charge < -0.3 is 14.4 Å². The van der Waals surface area contributed by atoms with Crippen LogP contribution < -0.4 is 14.4 Å². The number of sulfonamides is 1. The number of nitrogens with one attached hydrogen (secondary N) is 1. The number of methoxy groups -OCH3 is 1. The van der Waals surface area contributed by atoms with E-state index in [1.54, 1.807) is 11.8 Å². The van der Waals surface area contributed by atoms with Gasteiger partial charge in [-0.25, -0.2) is 22.0 Å². The summed E-state index contributed by atoms with van der Waals surface area (Å²) >= 11 is 0. The zero-order valence-corrected chi connectivity index (χ0v) is 19.0. The van der Waals surface area contributed by atoms with Crippen molar-refractivity contribution < 1.29 is 36.3 Å². The average molecular weight is 494 g/mol. The minimum absolute atomic E-state index is 0.0271. The molecule has 0 atom stereocenters. The predicted octanol–water partition coefficient (Wildman–Crippen LogP) is 1.50. The van der Waals surface area contributed by atoms with Gasteiger partial charge in [0.15, 0.2) is 17.5 Å². The van der Waals surface area contributed by atoms with Crippen LogP contribution in [0, 0.1) is 28.9 Å². The Morgan fingerprint density at radius 3 is 2.65 bits per heavy atom. The Labute approximate surface area is 194 Å². The zero-order chi connectivity index (χ0) is 25.0. The molecule has 13 heteroatoms. The predicted molar refractivity (Wildman–Crippen MR) is 114 cm³/mol. The van der Waals surface area contributed by atoms with Gasteiger partial charge in [-0.05, 0) is 19.1 Å². The molecule has 2 aromatic rings. The van der Waals surface area contributed by atoms with E-state index in [0.29, 0.717) is 0 Å². The lowest BCUT2D eigenvalue weighted by Gasteiger charge is -2.39. The van der Waals surface area contributed by atoms with Gasteiger partial charge in [0, 0.05) is 18.7 Å². The first kappa shape index (κ1) is 24.8. The van der Waals surface area contributed by atoms with Crippen LogP contribution >= 0.6 is 0 Å². The van der Waals surface area contributed by atoms with Crippen LogP contribution in [0.2, 0.25) is 0 Å². The zero-order valence-electron chi connectivity index (χ0n) is 18.2. The van der Waals surface area contributed by atoms with Crippen molar-refractivity contribution in [3.63, 3.8) is 0 Å². The maximum atomic E-state index is 13.8. The molecule has 1 aromatic heterocycles. The third-order valence-corrected chi connectivity index (χ3v) is 6.16. The van der Waals surface area contributed by atoms with Crippen molar-refractivity contribution in [2.45, 2.75) is 12.7 Å². The Hall–Kier alpha value is -3.79. The van der Waals surface area contributed by atoms with E-state index in [0.717, 1.165) is 18.2 Å². The molecule has 3 rings (SSSR count). The van der Waals surface area contributed by atoms with Gasteiger partial charge in [-0.3, -0.25) is 9.52 Å². The largest absolute Gasteiger partial charge is 0.480 e. The molecule has 0 radical (unpaired) electrons. The highest BCUT2D eigenvalue weighted by atomic mass is 32.2. The summed E-state index contributed by atoms with van der Waals surface area (Å²) in [6.45, 7) is 1.79. The standard InChI is InChI=1S/C21H20F2N4O6S/c1-3-33-21(29)15-7-13(8-24)18(25-20(15)32-2)27-9-14(10-27)19(28)26-34(30,31)11-12-5-4-6-16(22)17(12)23/h4-7,14H,3,9-11H2,1-2H3,(H,26,28). The summed E-state index contributed by atoms with van der Waals surface area (Å²) < 4.78 is 63.5. The summed E-state index contributed by atoms with van der Waals surface area (Å²) in [7, 11) is -2.99. The summed E-state index contributed by atoms with van der Waals surface area (Å²) in [4.78, 5) is 30.2. The molecule has 0 bridgehead atoms. The lowest BCUT2D eigenvalue weighted by Crippen LogP contribution is -2.55. The number of carbonyl (C=O) groups excluding carboxylic acids is 2. The third-order valence-electron chi connectivity index (χ3n) is 4.96. The summed E-state index contributed by atoms with van der Waals surface area (Å²) in [6, 6.07) is 6.31. The number of hydrogen-bond donors (Lipinski definition) is 1. The number of rotatable bonds is 8. The molecular formula is C21H20F2N4O6S. The smallest absolute Gasteiger partial charge is 0.343 e. The maximum Gasteiger partial charge on any atom is 0.343 e. The van der Waals surface area contributed by atoms with Gasteiger partial charge in [-0.1, -0.05) is 12.1 Å². The summed E-state index contributed by atoms with van der Waals surface area (Å²) in [5, 5.41) is 9.47. The number of hydrogen-bond acceptors (Lipinski definition) is 9. The fourth-order valence-corrected chi connectivity index (χ4v) is 4.45. The quantitative estimate of drug-likeness (QED) is 0.541. The fraction of sp³-hybridized carbons (Fsp3) is 0.333. The van der Waals surface area contributed by atoms with Gasteiger partial charge in [-0.2, -0.15) is 10.2 Å². The molecule has 0 unspecified atom stereocenters. The number of nitriles is 1. The Bertz CT molecular complexity index is 1270. The number of aromatic nitrogens is 1. The molecule has 0 spiro atoms. The molecule has 1 N–H and O–H groups in total. The van der Waals surface area contributed by atoms with Gasteiger partial charge in [0.1, 0.15) is 11.6 Å². The molecule has 1 fully saturated rings. The van der Waals surface area contributed by atoms with E-state index in [9.17, 15) is 32.0 Å². The first-order chi connectivity index (χ1) is 16.1. The number of anilines is 1. The van der Waals surface area contributed by atoms with E-state index < -0.39 is 50.8 Å². The minimum atomic E-state index is -4.28. The van der Waals surface area contributed by atoms with Gasteiger partial charge >= 0.3 is 5.97 Å². The molecule has 0 saturated carbocycles. The van der Waals surface area contributed by atoms with Crippen LogP contribution in [0.25, 0.3) is 0 Å². The monoisotopic (exact) mass is 494 g/mol. The van der Waals surface area contributed by atoms with Crippen molar-refractivity contribution in [2.24, 2.45) is 5.92 Å². The lowest BCUT2D eigenvalue weighted by molar-refractivity contribution is -0.123. The highest BCUT2D eigenvalue weighted by Gasteiger charge is 2.37. The molecule has 1 aromatic carbocycles. The SMILES string of the molecule is CCOC(=O)c1cc(C#N)c(N2CC(C(=O)NS(=O)(=O)Cc3cccc(F)c3F)C2)nc1OC. The molecule has 180 valence electrons. The van der Waals surface area contributed by atoms with E-state index in [2.05, 4.69) is 4.98 Å². The highest BCUT2D eigenvalue weighted by Crippen LogP contribution is 2.31. The molecule has 1 saturated heterocycles. The van der Waals surface area contributed by atoms with E-state index >= 15 is 0 Å². The van der Waals surface area contributed by atoms with Crippen molar-refractivity contribution in [3.8, 4) is 11.9 Å². The number of pyridine rings is 1. The van der Waals surface area contributed by atoms with E-state index in [4.69, 9.17) is 9.47 Å². The van der Waals surface area contributed by atoms with E-state index in [-0.39, 0.29) is 42.5 Å². The molecule has 34 heavy (non-hydrogen) atoms. The number of esters is 1. The third kappa shape index (κ3) is 5.23. The van der Waals surface area contributed by atoms with Gasteiger partial charge in [0.05, 0.1) is 31.0 Å². The Balaban J connectivity index is 1.69. The second-order valence-electron chi connectivity index (χ2n) is 7.29. The maximum absolute atomic E-state index is 13.8. The molecule has 1 amide bonds. The molecule has 10 nitrogen and oxygen atoms in total. The van der Waals surface area contributed by atoms with Crippen molar-refractivity contribution in [2.75, 3.05) is 31.7 Å². The van der Waals surface area contributed by atoms with Gasteiger partial charge in [-0.15, -0.1) is 0 Å². The summed E-state index contributed by atoms with van der Waals surface area (Å²) in [6.07, 6.45) is 0. The van der Waals surface area contributed by atoms with Gasteiger partial charge in [0.25, 0.3) is 0 Å². The molecule has 1 aliphatic heterocycles. The molecule has 0 aliphatic carbocycles. The highest BCUT2D eigenvalue weighted by molar-refractivity contribution is 7.89. The first-order valence-electron chi connectivity index (χ1n) is 9.98. The number of benzene rings is 1. The van der Waals surface area contributed by atoms with Crippen molar-refractivity contribution in [1.29, 1.82) is 5.26 Å². The first-order valence-corrected chi connectivity index (χ1v) is 11.6. The Morgan fingerprint density at radius 2 is 2.03 bits per heavy atom. The summed E-state index contributed by atoms with van der Waals surface area (Å²) in [5.74, 6) is -5.63. The average Bonchev–Trinajstić information content (AvgIpc) is 2.75.